The van der Waals surface area contributed by atoms with Gasteiger partial charge in [0, 0.05) is 51.7 Å². The zero-order valence-electron chi connectivity index (χ0n) is 38.0. The quantitative estimate of drug-likeness (QED) is 0.0488. The van der Waals surface area contributed by atoms with Crippen LogP contribution in [0.4, 0.5) is 34.1 Å². The van der Waals surface area contributed by atoms with Crippen molar-refractivity contribution in [2.24, 2.45) is 0 Å². The molecule has 64 heavy (non-hydrogen) atoms. The Balaban J connectivity index is 1.13. The summed E-state index contributed by atoms with van der Waals surface area (Å²) < 4.78 is 10.6. The van der Waals surface area contributed by atoms with E-state index in [4.69, 9.17) is 9.47 Å². The summed E-state index contributed by atoms with van der Waals surface area (Å²) in [6.45, 7) is 8.68. The number of aryl methyl sites for hydroxylation is 4. The van der Waals surface area contributed by atoms with E-state index in [-0.39, 0.29) is 17.4 Å². The molecule has 0 N–H and O–H groups in total. The van der Waals surface area contributed by atoms with E-state index in [0.717, 1.165) is 72.6 Å². The molecule has 7 rings (SSSR count). The number of allylic oxidation sites excluding steroid dienone is 2. The summed E-state index contributed by atoms with van der Waals surface area (Å²) in [6.07, 6.45) is 15.4. The van der Waals surface area contributed by atoms with Crippen molar-refractivity contribution in [1.82, 2.24) is 0 Å². The SMILES string of the molecule is CC=CC(=O)OCCCc1ccc(N(c2ccc(C)cc2)c2ccc(C3(c4ccc(N(c5ccc(C)cc5)c5ccc(CCCOC(=O)C=CC)cc5)cc4)CCCCC3)cc2)cc1. The first-order chi connectivity index (χ1) is 31.3. The molecule has 0 amide bonds. The summed E-state index contributed by atoms with van der Waals surface area (Å²) in [5, 5.41) is 0. The summed E-state index contributed by atoms with van der Waals surface area (Å²) in [4.78, 5) is 28.1. The van der Waals surface area contributed by atoms with Gasteiger partial charge < -0.3 is 19.3 Å². The molecule has 0 aliphatic heterocycles. The maximum atomic E-state index is 11.7. The van der Waals surface area contributed by atoms with Gasteiger partial charge in [-0.15, -0.1) is 0 Å². The van der Waals surface area contributed by atoms with Gasteiger partial charge in [-0.05, 0) is 161 Å². The third-order valence-corrected chi connectivity index (χ3v) is 12.4. The van der Waals surface area contributed by atoms with Crippen LogP contribution >= 0.6 is 0 Å². The second kappa shape index (κ2) is 22.1. The first-order valence-electron chi connectivity index (χ1n) is 23.0. The average Bonchev–Trinajstić information content (AvgIpc) is 3.32. The second-order valence-electron chi connectivity index (χ2n) is 17.0. The van der Waals surface area contributed by atoms with Crippen molar-refractivity contribution in [3.63, 3.8) is 0 Å². The summed E-state index contributed by atoms with van der Waals surface area (Å²) in [5.74, 6) is -0.583. The molecule has 0 heterocycles. The van der Waals surface area contributed by atoms with Crippen LogP contribution < -0.4 is 9.80 Å². The van der Waals surface area contributed by atoms with Gasteiger partial charge in [0.1, 0.15) is 0 Å². The molecule has 0 bridgehead atoms. The molecule has 0 atom stereocenters. The second-order valence-corrected chi connectivity index (χ2v) is 17.0. The van der Waals surface area contributed by atoms with Crippen LogP contribution in [-0.4, -0.2) is 25.2 Å². The Morgan fingerprint density at radius 1 is 0.469 bits per heavy atom. The van der Waals surface area contributed by atoms with Gasteiger partial charge in [-0.3, -0.25) is 0 Å². The number of carbonyl (C=O) groups is 2. The average molecular weight is 851 g/mol. The number of hydrogen-bond acceptors (Lipinski definition) is 6. The predicted molar refractivity (Wildman–Crippen MR) is 264 cm³/mol. The summed E-state index contributed by atoms with van der Waals surface area (Å²) in [5.41, 5.74) is 14.2. The van der Waals surface area contributed by atoms with Crippen LogP contribution in [0.3, 0.4) is 0 Å². The molecule has 1 saturated carbocycles. The van der Waals surface area contributed by atoms with E-state index in [1.807, 2.05) is 13.8 Å². The van der Waals surface area contributed by atoms with Gasteiger partial charge in [0.05, 0.1) is 13.2 Å². The first-order valence-corrected chi connectivity index (χ1v) is 23.0. The number of nitrogens with zero attached hydrogens (tertiary/aromatic N) is 2. The molecule has 0 radical (unpaired) electrons. The van der Waals surface area contributed by atoms with Crippen LogP contribution in [-0.2, 0) is 37.3 Å². The largest absolute Gasteiger partial charge is 0.463 e. The van der Waals surface area contributed by atoms with Gasteiger partial charge in [-0.25, -0.2) is 9.59 Å². The summed E-state index contributed by atoms with van der Waals surface area (Å²) in [6, 6.07) is 53.7. The topological polar surface area (TPSA) is 59.1 Å². The number of benzene rings is 6. The van der Waals surface area contributed by atoms with E-state index in [9.17, 15) is 9.59 Å². The molecule has 6 nitrogen and oxygen atoms in total. The number of ether oxygens (including phenoxy) is 2. The maximum Gasteiger partial charge on any atom is 0.330 e. The summed E-state index contributed by atoms with van der Waals surface area (Å²) >= 11 is 0. The standard InChI is InChI=1S/C58H62N2O4/c1-5-12-56(61)63-42-10-14-46-20-32-52(33-21-46)59(50-28-16-44(3)17-29-50)54-36-24-48(25-37-54)58(40-8-7-9-41-58)49-26-38-55(39-27-49)60(51-30-18-45(4)19-31-51)53-34-22-47(23-35-53)15-11-43-64-57(62)13-6-2/h5-6,12-13,16-39H,7-11,14-15,40-43H2,1-4H3. The lowest BCUT2D eigenvalue weighted by atomic mass is 9.65. The smallest absolute Gasteiger partial charge is 0.330 e. The van der Waals surface area contributed by atoms with Gasteiger partial charge in [-0.2, -0.15) is 0 Å². The molecular weight excluding hydrogens is 789 g/mol. The van der Waals surface area contributed by atoms with Crippen LogP contribution in [0.15, 0.2) is 170 Å². The molecule has 0 unspecified atom stereocenters. The minimum Gasteiger partial charge on any atom is -0.463 e. The third kappa shape index (κ3) is 11.5. The van der Waals surface area contributed by atoms with E-state index < -0.39 is 0 Å². The highest BCUT2D eigenvalue weighted by Crippen LogP contribution is 2.47. The molecule has 1 fully saturated rings. The van der Waals surface area contributed by atoms with Crippen LogP contribution in [0.1, 0.15) is 92.2 Å². The normalized spacial score (nSPS) is 13.5. The van der Waals surface area contributed by atoms with Crippen molar-refractivity contribution in [1.29, 1.82) is 0 Å². The van der Waals surface area contributed by atoms with Crippen LogP contribution in [0, 0.1) is 13.8 Å². The Labute approximate surface area is 380 Å². The molecule has 6 aromatic carbocycles. The predicted octanol–water partition coefficient (Wildman–Crippen LogP) is 14.6. The van der Waals surface area contributed by atoms with Gasteiger partial charge >= 0.3 is 11.9 Å². The van der Waals surface area contributed by atoms with Crippen molar-refractivity contribution in [2.75, 3.05) is 23.0 Å². The zero-order valence-corrected chi connectivity index (χ0v) is 38.0. The van der Waals surface area contributed by atoms with Crippen molar-refractivity contribution >= 4 is 46.1 Å². The van der Waals surface area contributed by atoms with E-state index in [0.29, 0.717) is 13.2 Å². The Kier molecular flexibility index (Phi) is 15.7. The highest BCUT2D eigenvalue weighted by Gasteiger charge is 2.36. The highest BCUT2D eigenvalue weighted by atomic mass is 16.5. The van der Waals surface area contributed by atoms with Crippen molar-refractivity contribution in [2.45, 2.75) is 90.9 Å². The summed E-state index contributed by atoms with van der Waals surface area (Å²) in [7, 11) is 0. The number of esters is 2. The van der Waals surface area contributed by atoms with Crippen molar-refractivity contribution in [3.8, 4) is 0 Å². The van der Waals surface area contributed by atoms with E-state index in [1.54, 1.807) is 12.2 Å². The number of rotatable bonds is 18. The van der Waals surface area contributed by atoms with Crippen LogP contribution in [0.25, 0.3) is 0 Å². The lowest BCUT2D eigenvalue weighted by molar-refractivity contribution is -0.138. The van der Waals surface area contributed by atoms with Crippen LogP contribution in [0.5, 0.6) is 0 Å². The highest BCUT2D eigenvalue weighted by molar-refractivity contribution is 5.82. The zero-order chi connectivity index (χ0) is 44.7. The Morgan fingerprint density at radius 3 is 1.11 bits per heavy atom. The first kappa shape index (κ1) is 45.4. The van der Waals surface area contributed by atoms with Crippen molar-refractivity contribution in [3.05, 3.63) is 203 Å². The molecule has 328 valence electrons. The molecule has 6 aromatic rings. The minimum atomic E-state index is -0.291. The number of anilines is 6. The molecule has 1 aliphatic carbocycles. The van der Waals surface area contributed by atoms with E-state index in [1.165, 1.54) is 64.8 Å². The fourth-order valence-corrected chi connectivity index (χ4v) is 8.93. The van der Waals surface area contributed by atoms with Crippen LogP contribution in [0.2, 0.25) is 0 Å². The molecule has 0 saturated heterocycles. The van der Waals surface area contributed by atoms with Gasteiger partial charge in [0.15, 0.2) is 0 Å². The van der Waals surface area contributed by atoms with E-state index in [2.05, 4.69) is 169 Å². The minimum absolute atomic E-state index is 0.0791. The molecule has 6 heteroatoms. The fraction of sp³-hybridized carbons (Fsp3) is 0.276. The van der Waals surface area contributed by atoms with Crippen molar-refractivity contribution < 1.29 is 19.1 Å². The maximum absolute atomic E-state index is 11.7. The third-order valence-electron chi connectivity index (χ3n) is 12.4. The molecule has 0 spiro atoms. The fourth-order valence-electron chi connectivity index (χ4n) is 8.93. The lowest BCUT2D eigenvalue weighted by Crippen LogP contribution is -2.30. The van der Waals surface area contributed by atoms with Gasteiger partial charge in [0.2, 0.25) is 0 Å². The Hall–Kier alpha value is -6.66. The molecule has 1 aliphatic rings. The monoisotopic (exact) mass is 850 g/mol. The van der Waals surface area contributed by atoms with Gasteiger partial charge in [0.25, 0.3) is 0 Å². The van der Waals surface area contributed by atoms with Gasteiger partial charge in [-0.1, -0.05) is 115 Å². The Morgan fingerprint density at radius 2 is 0.781 bits per heavy atom. The lowest BCUT2D eigenvalue weighted by Gasteiger charge is -2.39. The number of hydrogen-bond donors (Lipinski definition) is 0. The number of carbonyl (C=O) groups excluding carboxylic acids is 2. The Bertz CT molecular complexity index is 2290. The van der Waals surface area contributed by atoms with E-state index >= 15 is 0 Å². The molecule has 0 aromatic heterocycles. The molecular formula is C58H62N2O4.